The highest BCUT2D eigenvalue weighted by Gasteiger charge is 2.21. The van der Waals surface area contributed by atoms with Gasteiger partial charge in [-0.1, -0.05) is 17.7 Å². The third-order valence-electron chi connectivity index (χ3n) is 4.74. The Hall–Kier alpha value is -0.900. The Morgan fingerprint density at radius 1 is 1.37 bits per heavy atom. The van der Waals surface area contributed by atoms with Gasteiger partial charge in [0.25, 0.3) is 0 Å². The second-order valence-electron chi connectivity index (χ2n) is 6.56. The van der Waals surface area contributed by atoms with E-state index in [9.17, 15) is 0 Å². The monoisotopic (exact) mass is 519 g/mol. The van der Waals surface area contributed by atoms with E-state index in [0.29, 0.717) is 11.2 Å². The number of aliphatic imine (C=N–C) groups is 1. The fourth-order valence-electron chi connectivity index (χ4n) is 3.12. The minimum absolute atomic E-state index is 0. The zero-order chi connectivity index (χ0) is 18.4. The number of thiophene rings is 1. The highest BCUT2D eigenvalue weighted by atomic mass is 127. The van der Waals surface area contributed by atoms with Crippen LogP contribution in [0.4, 0.5) is 0 Å². The van der Waals surface area contributed by atoms with E-state index in [4.69, 9.17) is 11.6 Å². The summed E-state index contributed by atoms with van der Waals surface area (Å²) in [5.74, 6) is 0.840. The van der Waals surface area contributed by atoms with Crippen molar-refractivity contribution in [1.29, 1.82) is 0 Å². The van der Waals surface area contributed by atoms with Crippen molar-refractivity contribution in [3.05, 3.63) is 50.9 Å². The van der Waals surface area contributed by atoms with Gasteiger partial charge in [0.2, 0.25) is 0 Å². The van der Waals surface area contributed by atoms with Crippen LogP contribution in [0, 0.1) is 0 Å². The highest BCUT2D eigenvalue weighted by Crippen LogP contribution is 2.24. The normalized spacial score (nSPS) is 15.6. The molecule has 0 saturated carbocycles. The summed E-state index contributed by atoms with van der Waals surface area (Å²) in [4.78, 5) is 12.5. The van der Waals surface area contributed by atoms with Crippen LogP contribution in [0.1, 0.15) is 22.9 Å². The van der Waals surface area contributed by atoms with E-state index in [1.54, 1.807) is 4.88 Å². The van der Waals surface area contributed by atoms with Gasteiger partial charge in [0.05, 0.1) is 0 Å². The Labute approximate surface area is 187 Å². The van der Waals surface area contributed by atoms with Crippen molar-refractivity contribution >= 4 is 52.9 Å². The zero-order valence-electron chi connectivity index (χ0n) is 15.7. The van der Waals surface area contributed by atoms with Crippen LogP contribution in [-0.4, -0.2) is 48.6 Å². The maximum absolute atomic E-state index is 5.82. The molecule has 2 N–H and O–H groups in total. The summed E-state index contributed by atoms with van der Waals surface area (Å²) in [5, 5.41) is 9.54. The first-order valence-corrected chi connectivity index (χ1v) is 10.3. The Morgan fingerprint density at radius 2 is 2.22 bits per heavy atom. The summed E-state index contributed by atoms with van der Waals surface area (Å²) in [5.41, 5.74) is 2.65. The van der Waals surface area contributed by atoms with Crippen molar-refractivity contribution in [1.82, 2.24) is 20.5 Å². The number of fused-ring (bicyclic) bond motifs is 1. The molecule has 5 nitrogen and oxygen atoms in total. The van der Waals surface area contributed by atoms with Gasteiger partial charge in [-0.15, -0.1) is 35.3 Å². The van der Waals surface area contributed by atoms with E-state index < -0.39 is 0 Å². The summed E-state index contributed by atoms with van der Waals surface area (Å²) in [7, 11) is 1.81. The van der Waals surface area contributed by atoms with E-state index in [1.165, 1.54) is 12.0 Å². The molecule has 0 fully saturated rings. The first kappa shape index (κ1) is 22.4. The van der Waals surface area contributed by atoms with E-state index in [1.807, 2.05) is 36.7 Å². The standard InChI is InChI=1S/C19H26ClN5S.HI/c1-14(25-9-6-17-16(13-25)7-10-26-17)11-24-19(21-2)22-8-5-15-3-4-18(20)23-12-15;/h3-4,7,10,12,14H,5-6,8-9,11,13H2,1-2H3,(H2,21,22,24);1H. The lowest BCUT2D eigenvalue weighted by atomic mass is 10.1. The highest BCUT2D eigenvalue weighted by molar-refractivity contribution is 14.0. The van der Waals surface area contributed by atoms with Gasteiger partial charge in [0, 0.05) is 50.3 Å². The van der Waals surface area contributed by atoms with E-state index in [2.05, 4.69) is 43.9 Å². The molecule has 0 saturated heterocycles. The minimum Gasteiger partial charge on any atom is -0.356 e. The molecule has 0 radical (unpaired) electrons. The predicted molar refractivity (Wildman–Crippen MR) is 126 cm³/mol. The lowest BCUT2D eigenvalue weighted by molar-refractivity contribution is 0.192. The third-order valence-corrected chi connectivity index (χ3v) is 5.99. The minimum atomic E-state index is 0. The van der Waals surface area contributed by atoms with Crippen molar-refractivity contribution in [3.8, 4) is 0 Å². The lowest BCUT2D eigenvalue weighted by Gasteiger charge is -2.32. The molecule has 1 aliphatic rings. The molecule has 1 unspecified atom stereocenters. The van der Waals surface area contributed by atoms with Gasteiger partial charge in [-0.2, -0.15) is 0 Å². The van der Waals surface area contributed by atoms with Crippen molar-refractivity contribution < 1.29 is 0 Å². The Kier molecular flexibility index (Phi) is 9.28. The molecule has 0 spiro atoms. The van der Waals surface area contributed by atoms with Gasteiger partial charge in [-0.25, -0.2) is 4.98 Å². The van der Waals surface area contributed by atoms with Crippen LogP contribution in [0.15, 0.2) is 34.8 Å². The number of hydrogen-bond donors (Lipinski definition) is 2. The first-order valence-electron chi connectivity index (χ1n) is 9.00. The lowest BCUT2D eigenvalue weighted by Crippen LogP contribution is -2.47. The number of guanidine groups is 1. The van der Waals surface area contributed by atoms with Gasteiger partial charge in [0.15, 0.2) is 5.96 Å². The van der Waals surface area contributed by atoms with E-state index in [-0.39, 0.29) is 24.0 Å². The van der Waals surface area contributed by atoms with E-state index >= 15 is 0 Å². The van der Waals surface area contributed by atoms with Gasteiger partial charge >= 0.3 is 0 Å². The van der Waals surface area contributed by atoms with Gasteiger partial charge in [-0.3, -0.25) is 9.89 Å². The number of aromatic nitrogens is 1. The summed E-state index contributed by atoms with van der Waals surface area (Å²) in [6.07, 6.45) is 3.87. The number of rotatable bonds is 6. The predicted octanol–water partition coefficient (Wildman–Crippen LogP) is 3.57. The Morgan fingerprint density at radius 3 is 2.96 bits per heavy atom. The van der Waals surface area contributed by atoms with Crippen molar-refractivity contribution in [2.24, 2.45) is 4.99 Å². The molecule has 0 aliphatic carbocycles. The number of nitrogens with zero attached hydrogens (tertiary/aromatic N) is 3. The number of hydrogen-bond acceptors (Lipinski definition) is 4. The SMILES string of the molecule is CN=C(NCCc1ccc(Cl)nc1)NCC(C)N1CCc2sccc2C1.I. The maximum Gasteiger partial charge on any atom is 0.191 e. The van der Waals surface area contributed by atoms with Gasteiger partial charge < -0.3 is 10.6 Å². The van der Waals surface area contributed by atoms with Crippen LogP contribution in [0.3, 0.4) is 0 Å². The average molecular weight is 520 g/mol. The molecule has 0 aromatic carbocycles. The number of pyridine rings is 1. The molecule has 3 rings (SSSR count). The van der Waals surface area contributed by atoms with Crippen LogP contribution in [-0.2, 0) is 19.4 Å². The zero-order valence-corrected chi connectivity index (χ0v) is 19.6. The van der Waals surface area contributed by atoms with Crippen molar-refractivity contribution in [2.45, 2.75) is 32.4 Å². The van der Waals surface area contributed by atoms with Gasteiger partial charge in [0.1, 0.15) is 5.15 Å². The van der Waals surface area contributed by atoms with Crippen LogP contribution in [0.5, 0.6) is 0 Å². The maximum atomic E-state index is 5.82. The molecule has 2 aromatic heterocycles. The summed E-state index contributed by atoms with van der Waals surface area (Å²) in [6.45, 7) is 6.14. The summed E-state index contributed by atoms with van der Waals surface area (Å²) in [6, 6.07) is 6.55. The van der Waals surface area contributed by atoms with Crippen LogP contribution < -0.4 is 10.6 Å². The second kappa shape index (κ2) is 11.2. The molecule has 0 amide bonds. The van der Waals surface area contributed by atoms with Crippen molar-refractivity contribution in [2.75, 3.05) is 26.7 Å². The summed E-state index contributed by atoms with van der Waals surface area (Å²) >= 11 is 7.70. The molecule has 0 bridgehead atoms. The van der Waals surface area contributed by atoms with Gasteiger partial charge in [-0.05, 0) is 48.4 Å². The second-order valence-corrected chi connectivity index (χ2v) is 7.95. The fourth-order valence-corrected chi connectivity index (χ4v) is 4.12. The van der Waals surface area contributed by atoms with Crippen molar-refractivity contribution in [3.63, 3.8) is 0 Å². The molecule has 148 valence electrons. The number of nitrogens with one attached hydrogen (secondary N) is 2. The van der Waals surface area contributed by atoms with Crippen LogP contribution >= 0.6 is 46.9 Å². The quantitative estimate of drug-likeness (QED) is 0.265. The molecule has 1 aliphatic heterocycles. The molecular formula is C19H27ClIN5S. The summed E-state index contributed by atoms with van der Waals surface area (Å²) < 4.78 is 0. The molecular weight excluding hydrogens is 493 g/mol. The van der Waals surface area contributed by atoms with Crippen LogP contribution in [0.25, 0.3) is 0 Å². The number of halogens is 2. The Balaban J connectivity index is 0.00000261. The molecule has 2 aromatic rings. The average Bonchev–Trinajstić information content (AvgIpc) is 3.13. The molecule has 27 heavy (non-hydrogen) atoms. The fraction of sp³-hybridized carbons (Fsp3) is 0.474. The smallest absolute Gasteiger partial charge is 0.191 e. The largest absolute Gasteiger partial charge is 0.356 e. The first-order chi connectivity index (χ1) is 12.7. The Bertz CT molecular complexity index is 734. The third kappa shape index (κ3) is 6.58. The van der Waals surface area contributed by atoms with Crippen LogP contribution in [0.2, 0.25) is 5.15 Å². The van der Waals surface area contributed by atoms with E-state index in [0.717, 1.165) is 44.1 Å². The molecule has 3 heterocycles. The topological polar surface area (TPSA) is 52.6 Å². The molecule has 8 heteroatoms. The molecule has 1 atom stereocenters.